The molecule has 6 nitrogen and oxygen atoms in total. The van der Waals surface area contributed by atoms with Gasteiger partial charge in [0, 0.05) is 31.1 Å². The maximum absolute atomic E-state index is 14.1. The molecule has 0 amide bonds. The maximum Gasteiger partial charge on any atom is 0.0715 e. The van der Waals surface area contributed by atoms with Gasteiger partial charge in [0.05, 0.1) is 16.8 Å². The van der Waals surface area contributed by atoms with E-state index in [0.717, 1.165) is 55.7 Å². The Morgan fingerprint density at radius 2 is 1.57 bits per heavy atom. The molecule has 44 heavy (non-hydrogen) atoms. The molecule has 0 aliphatic carbocycles. The minimum absolute atomic E-state index is 0.00329. The van der Waals surface area contributed by atoms with Gasteiger partial charge in [-0.3, -0.25) is 0 Å². The number of benzene rings is 2. The molecule has 6 rings (SSSR count). The van der Waals surface area contributed by atoms with Gasteiger partial charge in [0.1, 0.15) is 0 Å². The number of hydrogen-bond donors (Lipinski definition) is 1. The molecule has 2 atom stereocenters. The number of nitrogens with zero attached hydrogens (tertiary/aromatic N) is 2. The van der Waals surface area contributed by atoms with E-state index >= 15 is 0 Å². The average Bonchev–Trinajstić information content (AvgIpc) is 3.10. The van der Waals surface area contributed by atoms with Gasteiger partial charge in [0.15, 0.2) is 9.84 Å². The van der Waals surface area contributed by atoms with Crippen LogP contribution in [0.3, 0.4) is 0 Å². The number of unbranched alkanes of at least 4 members (excludes halogenated alkanes) is 3. The number of hydrogen-bond acceptors (Lipinski definition) is 5. The van der Waals surface area contributed by atoms with E-state index in [1.807, 2.05) is 43.3 Å². The molecule has 8 heteroatoms. The number of sulfone groups is 1. The van der Waals surface area contributed by atoms with E-state index in [-0.39, 0.29) is 5.75 Å². The van der Waals surface area contributed by atoms with E-state index in [0.29, 0.717) is 23.3 Å². The van der Waals surface area contributed by atoms with Crippen LogP contribution in [-0.4, -0.2) is 98.2 Å². The van der Waals surface area contributed by atoms with Crippen molar-refractivity contribution in [3.8, 4) is 5.75 Å². The summed E-state index contributed by atoms with van der Waals surface area (Å²) in [6.45, 7) is 10.7. The third-order valence-electron chi connectivity index (χ3n) is 11.2. The zero-order chi connectivity index (χ0) is 31.4. The zero-order valence-corrected chi connectivity index (χ0v) is 31.9. The summed E-state index contributed by atoms with van der Waals surface area (Å²) >= 11 is -1.01. The number of fused-ring (bicyclic) bond motifs is 4. The second kappa shape index (κ2) is 14.7. The largest absolute Gasteiger partial charge is 0.392 e. The molecule has 0 spiro atoms. The number of aliphatic hydroxyl groups is 1. The van der Waals surface area contributed by atoms with Gasteiger partial charge >= 0.3 is 124 Å². The first-order valence-corrected chi connectivity index (χ1v) is 26.1. The first-order valence-electron chi connectivity index (χ1n) is 17.4. The topological polar surface area (TPSA) is 66.8 Å². The summed E-state index contributed by atoms with van der Waals surface area (Å²) in [4.78, 5) is 2.37. The predicted octanol–water partition coefficient (Wildman–Crippen LogP) is 6.90. The minimum Gasteiger partial charge on any atom is -0.392 e. The third kappa shape index (κ3) is 7.50. The predicted molar refractivity (Wildman–Crippen MR) is 183 cm³/mol. The number of anilines is 1. The second-order valence-electron chi connectivity index (χ2n) is 14.5. The van der Waals surface area contributed by atoms with Crippen LogP contribution in [0, 0.1) is 5.41 Å². The van der Waals surface area contributed by atoms with Crippen molar-refractivity contribution in [2.24, 2.45) is 5.41 Å². The molecule has 4 heterocycles. The number of rotatable bonds is 14. The Morgan fingerprint density at radius 1 is 0.932 bits per heavy atom. The Balaban J connectivity index is 1.37. The molecule has 2 aromatic carbocycles. The average molecular weight is 728 g/mol. The first-order chi connectivity index (χ1) is 21.1. The summed E-state index contributed by atoms with van der Waals surface area (Å²) in [6.07, 6.45) is 6.65. The van der Waals surface area contributed by atoms with Crippen LogP contribution in [0.4, 0.5) is 5.69 Å². The van der Waals surface area contributed by atoms with Crippen molar-refractivity contribution in [2.45, 2.75) is 94.7 Å². The van der Waals surface area contributed by atoms with Gasteiger partial charge in [-0.25, -0.2) is 8.42 Å². The third-order valence-corrected chi connectivity index (χ3v) is 22.4. The van der Waals surface area contributed by atoms with Gasteiger partial charge in [-0.2, -0.15) is 0 Å². The molecular weight excluding hydrogens is 671 g/mol. The number of ether oxygens (including phenoxy) is 1. The Labute approximate surface area is 275 Å². The fourth-order valence-electron chi connectivity index (χ4n) is 8.37. The Kier molecular flexibility index (Phi) is 11.4. The van der Waals surface area contributed by atoms with Crippen molar-refractivity contribution in [1.82, 2.24) is 0 Å². The molecule has 0 saturated carbocycles. The molecule has 4 aliphatic rings. The van der Waals surface area contributed by atoms with Crippen molar-refractivity contribution in [3.05, 3.63) is 53.6 Å². The summed E-state index contributed by atoms with van der Waals surface area (Å²) in [5.74, 6) is 0.406. The van der Waals surface area contributed by atoms with Crippen LogP contribution in [-0.2, 0) is 9.84 Å². The molecule has 3 fully saturated rings. The van der Waals surface area contributed by atoms with Crippen molar-refractivity contribution >= 4 is 37.0 Å². The Hall–Kier alpha value is -1.22. The Bertz CT molecular complexity index is 1320. The van der Waals surface area contributed by atoms with Gasteiger partial charge in [0.25, 0.3) is 0 Å². The SMILES string of the molecule is CCCCC1(CCCC)CS(=O)(=O)c2ccc(N(C)C)cc2[C@@H](c2ccc(OCCCC[N+]34C[CH2][In]([CH2]C3)[CH2]C4)cc2)[C@H]1O. The molecule has 242 valence electrons. The van der Waals surface area contributed by atoms with E-state index in [1.165, 1.54) is 37.1 Å². The van der Waals surface area contributed by atoms with Crippen molar-refractivity contribution in [2.75, 3.05) is 57.5 Å². The fraction of sp³-hybridized carbons (Fsp3) is 0.667. The quantitative estimate of drug-likeness (QED) is 0.170. The van der Waals surface area contributed by atoms with E-state index in [4.69, 9.17) is 4.74 Å². The van der Waals surface area contributed by atoms with Gasteiger partial charge in [-0.05, 0) is 36.6 Å². The summed E-state index contributed by atoms with van der Waals surface area (Å²) in [7, 11) is 0.338. The number of aliphatic hydroxyl groups excluding tert-OH is 1. The van der Waals surface area contributed by atoms with E-state index in [9.17, 15) is 13.5 Å². The van der Waals surface area contributed by atoms with Crippen molar-refractivity contribution in [3.63, 3.8) is 0 Å². The molecule has 1 N–H and O–H groups in total. The maximum atomic E-state index is 14.1. The zero-order valence-electron chi connectivity index (χ0n) is 27.8. The van der Waals surface area contributed by atoms with Crippen LogP contribution in [0.2, 0.25) is 12.5 Å². The molecule has 4 aliphatic heterocycles. The van der Waals surface area contributed by atoms with Crippen LogP contribution in [0.5, 0.6) is 5.75 Å². The smallest absolute Gasteiger partial charge is 0.0715 e. The van der Waals surface area contributed by atoms with Crippen LogP contribution in [0.1, 0.15) is 82.3 Å². The van der Waals surface area contributed by atoms with Gasteiger partial charge in [0.2, 0.25) is 0 Å². The molecule has 2 bridgehead atoms. The fourth-order valence-corrected chi connectivity index (χ4v) is 20.9. The molecule has 0 radical (unpaired) electrons. The summed E-state index contributed by atoms with van der Waals surface area (Å²) in [5.41, 5.74) is 1.91. The normalized spacial score (nSPS) is 23.2. The minimum atomic E-state index is -3.60. The van der Waals surface area contributed by atoms with E-state index in [2.05, 4.69) is 26.0 Å². The summed E-state index contributed by atoms with van der Waals surface area (Å²) in [6, 6.07) is 13.8. The van der Waals surface area contributed by atoms with Gasteiger partial charge in [-0.1, -0.05) is 39.5 Å². The standard InChI is InChI=1S/C36H56N2O4S.In/c1-8-13-23-36(24-14-9-2)28-43(40,41)33-22-19-30(37(6)7)27-32(33)34(35(36)39)29-17-20-31(21-18-29)42-26-16-15-25-38(10-3,11-4)12-5;/h17-22,27,34-35,39H,3-5,8-16,23-26,28H2,1-2,6-7H3;/q+1;/t34-,35-;/m1./s1. The molecule has 0 aromatic heterocycles. The van der Waals surface area contributed by atoms with E-state index < -0.39 is 48.7 Å². The van der Waals surface area contributed by atoms with Gasteiger partial charge in [-0.15, -0.1) is 0 Å². The molecule has 0 unspecified atom stereocenters. The molecule has 2 aromatic rings. The Morgan fingerprint density at radius 3 is 2.16 bits per heavy atom. The van der Waals surface area contributed by atoms with Crippen LogP contribution in [0.25, 0.3) is 0 Å². The summed E-state index contributed by atoms with van der Waals surface area (Å²) < 4.78 is 40.6. The molecule has 3 saturated heterocycles. The molecular formula is C36H56InN2O4S+. The van der Waals surface area contributed by atoms with Gasteiger partial charge < -0.3 is 10.0 Å². The van der Waals surface area contributed by atoms with Crippen molar-refractivity contribution < 1.29 is 22.7 Å². The van der Waals surface area contributed by atoms with Crippen LogP contribution in [0.15, 0.2) is 47.4 Å². The van der Waals surface area contributed by atoms with Crippen LogP contribution < -0.4 is 9.64 Å². The van der Waals surface area contributed by atoms with E-state index in [1.54, 1.807) is 18.6 Å². The van der Waals surface area contributed by atoms with Crippen molar-refractivity contribution in [1.29, 1.82) is 0 Å². The first kappa shape index (κ1) is 34.1. The number of quaternary nitrogens is 1. The van der Waals surface area contributed by atoms with Crippen LogP contribution >= 0.6 is 0 Å². The summed E-state index contributed by atoms with van der Waals surface area (Å²) in [5, 5.41) is 12.4. The monoisotopic (exact) mass is 727 g/mol. The second-order valence-corrected chi connectivity index (χ2v) is 26.3.